The molecule has 1 atom stereocenters. The Kier molecular flexibility index (Phi) is 4.01. The molecule has 1 heterocycles. The Labute approximate surface area is 135 Å². The molecule has 0 spiro atoms. The number of aryl methyl sites for hydroxylation is 1. The average Bonchev–Trinajstić information content (AvgIpc) is 2.44. The van der Waals surface area contributed by atoms with Crippen molar-refractivity contribution >= 4 is 28.9 Å². The Balaban J connectivity index is 1.97. The van der Waals surface area contributed by atoms with E-state index in [1.165, 1.54) is 11.1 Å². The molecule has 0 bridgehead atoms. The van der Waals surface area contributed by atoms with E-state index in [0.717, 1.165) is 23.4 Å². The second-order valence-corrected chi connectivity index (χ2v) is 6.23. The number of fused-ring (bicyclic) bond motifs is 1. The molecule has 110 valence electrons. The molecule has 2 aromatic carbocycles. The van der Waals surface area contributed by atoms with Gasteiger partial charge >= 0.3 is 0 Å². The fourth-order valence-corrected chi connectivity index (χ4v) is 3.23. The first-order valence-corrected chi connectivity index (χ1v) is 7.76. The Morgan fingerprint density at radius 2 is 2.00 bits per heavy atom. The molecule has 1 unspecified atom stereocenters. The molecule has 21 heavy (non-hydrogen) atoms. The predicted molar refractivity (Wildman–Crippen MR) is 88.9 cm³/mol. The van der Waals surface area contributed by atoms with Crippen LogP contribution in [0.3, 0.4) is 0 Å². The lowest BCUT2D eigenvalue weighted by molar-refractivity contribution is 0.274. The predicted octanol–water partition coefficient (Wildman–Crippen LogP) is 5.55. The van der Waals surface area contributed by atoms with E-state index in [4.69, 9.17) is 27.9 Å². The van der Waals surface area contributed by atoms with Crippen LogP contribution < -0.4 is 10.1 Å². The molecular weight excluding hydrogens is 305 g/mol. The lowest BCUT2D eigenvalue weighted by atomic mass is 9.99. The van der Waals surface area contributed by atoms with Gasteiger partial charge in [0.1, 0.15) is 5.75 Å². The summed E-state index contributed by atoms with van der Waals surface area (Å²) in [5.74, 6) is 0.745. The molecule has 2 nitrogen and oxygen atoms in total. The van der Waals surface area contributed by atoms with E-state index in [1.54, 1.807) is 6.07 Å². The normalized spacial score (nSPS) is 17.0. The minimum absolute atomic E-state index is 0.158. The van der Waals surface area contributed by atoms with Crippen molar-refractivity contribution in [3.05, 3.63) is 57.1 Å². The monoisotopic (exact) mass is 321 g/mol. The summed E-state index contributed by atoms with van der Waals surface area (Å²) < 4.78 is 5.70. The van der Waals surface area contributed by atoms with Gasteiger partial charge in [0, 0.05) is 22.7 Å². The molecule has 2 aromatic rings. The molecular formula is C17H17Cl2NO. The van der Waals surface area contributed by atoms with Crippen molar-refractivity contribution in [1.29, 1.82) is 0 Å². The molecule has 4 heteroatoms. The Morgan fingerprint density at radius 1 is 1.19 bits per heavy atom. The summed E-state index contributed by atoms with van der Waals surface area (Å²) in [7, 11) is 0. The van der Waals surface area contributed by atoms with Crippen molar-refractivity contribution in [2.24, 2.45) is 0 Å². The second kappa shape index (κ2) is 5.78. The summed E-state index contributed by atoms with van der Waals surface area (Å²) in [5, 5.41) is 4.81. The van der Waals surface area contributed by atoms with Gasteiger partial charge < -0.3 is 10.1 Å². The van der Waals surface area contributed by atoms with E-state index >= 15 is 0 Å². The van der Waals surface area contributed by atoms with Gasteiger partial charge in [0.25, 0.3) is 0 Å². The number of ether oxygens (including phenoxy) is 1. The second-order valence-electron chi connectivity index (χ2n) is 5.39. The fraction of sp³-hybridized carbons (Fsp3) is 0.294. The zero-order chi connectivity index (χ0) is 15.0. The lowest BCUT2D eigenvalue weighted by Gasteiger charge is -2.29. The highest BCUT2D eigenvalue weighted by Gasteiger charge is 2.24. The maximum Gasteiger partial charge on any atom is 0.143 e. The summed E-state index contributed by atoms with van der Waals surface area (Å²) in [6.45, 7) is 4.89. The summed E-state index contributed by atoms with van der Waals surface area (Å²) in [6, 6.07) is 10.1. The molecule has 0 aromatic heterocycles. The summed E-state index contributed by atoms with van der Waals surface area (Å²) in [5.41, 5.74) is 4.71. The van der Waals surface area contributed by atoms with Gasteiger partial charge in [-0.15, -0.1) is 0 Å². The van der Waals surface area contributed by atoms with Gasteiger partial charge in [-0.1, -0.05) is 35.3 Å². The van der Waals surface area contributed by atoms with Crippen molar-refractivity contribution in [3.63, 3.8) is 0 Å². The summed E-state index contributed by atoms with van der Waals surface area (Å²) >= 11 is 12.4. The van der Waals surface area contributed by atoms with Gasteiger partial charge in [-0.25, -0.2) is 0 Å². The number of hydrogen-bond acceptors (Lipinski definition) is 2. The highest BCUT2D eigenvalue weighted by atomic mass is 35.5. The van der Waals surface area contributed by atoms with Gasteiger partial charge in [0.15, 0.2) is 0 Å². The van der Waals surface area contributed by atoms with Crippen LogP contribution in [0.1, 0.15) is 29.2 Å². The third-order valence-electron chi connectivity index (χ3n) is 4.00. The van der Waals surface area contributed by atoms with Crippen molar-refractivity contribution in [1.82, 2.24) is 0 Å². The number of hydrogen-bond donors (Lipinski definition) is 1. The number of halogens is 2. The van der Waals surface area contributed by atoms with E-state index in [1.807, 2.05) is 6.07 Å². The highest BCUT2D eigenvalue weighted by Crippen LogP contribution is 2.41. The van der Waals surface area contributed by atoms with Crippen LogP contribution in [0.4, 0.5) is 5.69 Å². The van der Waals surface area contributed by atoms with Crippen LogP contribution in [0, 0.1) is 13.8 Å². The standard InChI is InChI=1S/C17H17Cl2NO/c1-10-4-3-5-15(11(10)2)20-16-6-7-21-17-13(16)8-12(18)9-14(17)19/h3-5,8-9,16,20H,6-7H2,1-2H3. The van der Waals surface area contributed by atoms with E-state index < -0.39 is 0 Å². The van der Waals surface area contributed by atoms with Crippen molar-refractivity contribution in [3.8, 4) is 5.75 Å². The molecule has 1 aliphatic rings. The number of rotatable bonds is 2. The largest absolute Gasteiger partial charge is 0.492 e. The molecule has 3 rings (SSSR count). The number of nitrogens with one attached hydrogen (secondary N) is 1. The molecule has 0 saturated heterocycles. The molecule has 1 N–H and O–H groups in total. The molecule has 1 aliphatic heterocycles. The van der Waals surface area contributed by atoms with Crippen LogP contribution in [0.2, 0.25) is 10.0 Å². The van der Waals surface area contributed by atoms with Gasteiger partial charge in [-0.05, 0) is 43.2 Å². The van der Waals surface area contributed by atoms with Crippen LogP contribution in [0.15, 0.2) is 30.3 Å². The summed E-state index contributed by atoms with van der Waals surface area (Å²) in [4.78, 5) is 0. The third kappa shape index (κ3) is 2.83. The number of anilines is 1. The van der Waals surface area contributed by atoms with Crippen molar-refractivity contribution in [2.75, 3.05) is 11.9 Å². The van der Waals surface area contributed by atoms with Crippen molar-refractivity contribution < 1.29 is 4.74 Å². The maximum absolute atomic E-state index is 6.24. The highest BCUT2D eigenvalue weighted by molar-refractivity contribution is 6.35. The topological polar surface area (TPSA) is 21.3 Å². The van der Waals surface area contributed by atoms with Crippen LogP contribution in [-0.2, 0) is 0 Å². The first kappa shape index (κ1) is 14.6. The van der Waals surface area contributed by atoms with Gasteiger partial charge in [-0.2, -0.15) is 0 Å². The zero-order valence-electron chi connectivity index (χ0n) is 12.0. The SMILES string of the molecule is Cc1cccc(NC2CCOc3c(Cl)cc(Cl)cc32)c1C. The maximum atomic E-state index is 6.24. The first-order valence-electron chi connectivity index (χ1n) is 7.01. The minimum Gasteiger partial charge on any atom is -0.492 e. The van der Waals surface area contributed by atoms with Gasteiger partial charge in [0.2, 0.25) is 0 Å². The third-order valence-corrected chi connectivity index (χ3v) is 4.50. The summed E-state index contributed by atoms with van der Waals surface area (Å²) in [6.07, 6.45) is 0.886. The smallest absolute Gasteiger partial charge is 0.143 e. The van der Waals surface area contributed by atoms with Crippen molar-refractivity contribution in [2.45, 2.75) is 26.3 Å². The molecule has 0 amide bonds. The van der Waals surface area contributed by atoms with E-state index in [2.05, 4.69) is 37.4 Å². The van der Waals surface area contributed by atoms with E-state index in [9.17, 15) is 0 Å². The Morgan fingerprint density at radius 3 is 2.81 bits per heavy atom. The van der Waals surface area contributed by atoms with Crippen LogP contribution in [0.25, 0.3) is 0 Å². The van der Waals surface area contributed by atoms with Gasteiger partial charge in [0.05, 0.1) is 17.7 Å². The van der Waals surface area contributed by atoms with E-state index in [-0.39, 0.29) is 6.04 Å². The fourth-order valence-electron chi connectivity index (χ4n) is 2.67. The van der Waals surface area contributed by atoms with E-state index in [0.29, 0.717) is 16.7 Å². The van der Waals surface area contributed by atoms with Gasteiger partial charge in [-0.3, -0.25) is 0 Å². The minimum atomic E-state index is 0.158. The quantitative estimate of drug-likeness (QED) is 0.783. The lowest BCUT2D eigenvalue weighted by Crippen LogP contribution is -2.21. The van der Waals surface area contributed by atoms with Crippen LogP contribution in [-0.4, -0.2) is 6.61 Å². The molecule has 0 aliphatic carbocycles. The Bertz CT molecular complexity index is 685. The number of benzene rings is 2. The molecule has 0 saturated carbocycles. The first-order chi connectivity index (χ1) is 10.1. The molecule has 0 fully saturated rings. The molecule has 0 radical (unpaired) electrons. The zero-order valence-corrected chi connectivity index (χ0v) is 13.6. The Hall–Kier alpha value is -1.38. The average molecular weight is 322 g/mol. The van der Waals surface area contributed by atoms with Crippen LogP contribution in [0.5, 0.6) is 5.75 Å². The van der Waals surface area contributed by atoms with Crippen LogP contribution >= 0.6 is 23.2 Å².